The fourth-order valence-electron chi connectivity index (χ4n) is 5.15. The Balaban J connectivity index is 1.43. The molecule has 0 unspecified atom stereocenters. The topological polar surface area (TPSA) is 9.23 Å². The number of hydrogen-bond acceptors (Lipinski definition) is 1. The maximum atomic E-state index is 13.7. The van der Waals surface area contributed by atoms with Gasteiger partial charge in [-0.3, -0.25) is 0 Å². The van der Waals surface area contributed by atoms with Gasteiger partial charge in [-0.25, -0.2) is 4.39 Å². The monoisotopic (exact) mass is 382 g/mol. The van der Waals surface area contributed by atoms with Crippen molar-refractivity contribution in [2.24, 2.45) is 11.8 Å². The van der Waals surface area contributed by atoms with E-state index in [4.69, 9.17) is 16.3 Å². The molecule has 1 saturated heterocycles. The Labute approximate surface area is 158 Å². The predicted molar refractivity (Wildman–Crippen MR) is 107 cm³/mol. The number of rotatable bonds is 6. The van der Waals surface area contributed by atoms with Crippen LogP contribution in [0, 0.1) is 17.7 Å². The van der Waals surface area contributed by atoms with Crippen molar-refractivity contribution in [3.8, 4) is 0 Å². The Hall–Kier alpha value is -0.383. The van der Waals surface area contributed by atoms with Gasteiger partial charge in [0, 0.05) is 22.5 Å². The lowest BCUT2D eigenvalue weighted by Crippen LogP contribution is -2.28. The van der Waals surface area contributed by atoms with Crippen LogP contribution in [0.5, 0.6) is 0 Å². The van der Waals surface area contributed by atoms with E-state index in [1.807, 2.05) is 13.2 Å². The number of hydrogen-bond donors (Lipinski definition) is 0. The summed E-state index contributed by atoms with van der Waals surface area (Å²) in [6.45, 7) is 0.947. The lowest BCUT2D eigenvalue weighted by Gasteiger charge is -2.37. The van der Waals surface area contributed by atoms with Crippen LogP contribution in [0.2, 0.25) is 23.2 Å². The summed E-state index contributed by atoms with van der Waals surface area (Å²) in [7, 11) is 1.36. The van der Waals surface area contributed by atoms with E-state index in [-0.39, 0.29) is 10.8 Å². The van der Waals surface area contributed by atoms with Gasteiger partial charge in [0.25, 0.3) is 0 Å². The van der Waals surface area contributed by atoms with Crippen LogP contribution in [-0.2, 0) is 4.74 Å². The summed E-state index contributed by atoms with van der Waals surface area (Å²) in [6.07, 6.45) is 9.34. The molecular formula is C21H32ClFOSi. The van der Waals surface area contributed by atoms with Gasteiger partial charge in [0.15, 0.2) is 0 Å². The second kappa shape index (κ2) is 9.52. The Morgan fingerprint density at radius 2 is 1.76 bits per heavy atom. The van der Waals surface area contributed by atoms with Gasteiger partial charge >= 0.3 is 0 Å². The van der Waals surface area contributed by atoms with Crippen molar-refractivity contribution in [1.29, 1.82) is 0 Å². The van der Waals surface area contributed by atoms with Gasteiger partial charge in [0.05, 0.1) is 5.02 Å². The molecule has 1 aliphatic heterocycles. The maximum absolute atomic E-state index is 13.7. The van der Waals surface area contributed by atoms with Gasteiger partial charge < -0.3 is 4.74 Å². The van der Waals surface area contributed by atoms with Gasteiger partial charge in [-0.2, -0.15) is 0 Å². The van der Waals surface area contributed by atoms with Gasteiger partial charge in [0.2, 0.25) is 0 Å². The number of methoxy groups -OCH3 is 1. The zero-order chi connectivity index (χ0) is 17.6. The molecular weight excluding hydrogens is 351 g/mol. The normalized spacial score (nSPS) is 30.4. The summed E-state index contributed by atoms with van der Waals surface area (Å²) >= 11 is 5.82. The van der Waals surface area contributed by atoms with Crippen LogP contribution in [0.1, 0.15) is 56.4 Å². The molecule has 2 aliphatic rings. The molecule has 140 valence electrons. The molecule has 1 aromatic carbocycles. The molecule has 0 spiro atoms. The Bertz CT molecular complexity index is 537. The number of ether oxygens (including phenoxy) is 1. The minimum absolute atomic E-state index is 0.240. The fourth-order valence-corrected chi connectivity index (χ4v) is 8.68. The van der Waals surface area contributed by atoms with Crippen LogP contribution in [0.15, 0.2) is 18.2 Å². The molecule has 0 bridgehead atoms. The van der Waals surface area contributed by atoms with Crippen LogP contribution >= 0.6 is 11.6 Å². The third kappa shape index (κ3) is 5.30. The summed E-state index contributed by atoms with van der Waals surface area (Å²) in [5.41, 5.74) is 1.15. The second-order valence-corrected chi connectivity index (χ2v) is 12.1. The highest BCUT2D eigenvalue weighted by atomic mass is 35.5. The molecule has 1 heterocycles. The van der Waals surface area contributed by atoms with Crippen LogP contribution in [-0.4, -0.2) is 22.5 Å². The third-order valence-corrected chi connectivity index (χ3v) is 10.5. The fraction of sp³-hybridized carbons (Fsp3) is 0.714. The van der Waals surface area contributed by atoms with Gasteiger partial charge in [0.1, 0.15) is 5.82 Å². The molecule has 1 aromatic rings. The van der Waals surface area contributed by atoms with E-state index in [2.05, 4.69) is 0 Å². The lowest BCUT2D eigenvalue weighted by molar-refractivity contribution is 0.198. The van der Waals surface area contributed by atoms with E-state index in [1.54, 1.807) is 24.2 Å². The molecule has 0 aromatic heterocycles. The summed E-state index contributed by atoms with van der Waals surface area (Å²) in [6, 6.07) is 9.98. The van der Waals surface area contributed by atoms with Crippen LogP contribution in [0.3, 0.4) is 0 Å². The highest BCUT2D eigenvalue weighted by molar-refractivity contribution is 6.58. The molecule has 0 amide bonds. The summed E-state index contributed by atoms with van der Waals surface area (Å²) in [5.74, 6) is 2.15. The zero-order valence-corrected chi connectivity index (χ0v) is 17.4. The standard InChI is InChI=1S/C21H32ClFOSi/c1-24-11-2-12-25-13-9-18(10-14-25)16-3-5-17(6-4-16)19-7-8-20(22)21(23)15-19/h7-8,15-18,25H,2-6,9-14H2,1H3. The smallest absolute Gasteiger partial charge is 0.142 e. The van der Waals surface area contributed by atoms with Crippen LogP contribution in [0.25, 0.3) is 0 Å². The molecule has 4 heteroatoms. The average Bonchev–Trinajstić information content (AvgIpc) is 2.65. The van der Waals surface area contributed by atoms with Crippen molar-refractivity contribution in [3.05, 3.63) is 34.6 Å². The second-order valence-electron chi connectivity index (χ2n) is 8.20. The quantitative estimate of drug-likeness (QED) is 0.407. The number of halogens is 2. The third-order valence-electron chi connectivity index (χ3n) is 6.71. The van der Waals surface area contributed by atoms with Crippen molar-refractivity contribution in [1.82, 2.24) is 0 Å². The largest absolute Gasteiger partial charge is 0.385 e. The Morgan fingerprint density at radius 1 is 1.08 bits per heavy atom. The van der Waals surface area contributed by atoms with E-state index in [1.165, 1.54) is 51.0 Å². The Kier molecular flexibility index (Phi) is 7.38. The van der Waals surface area contributed by atoms with Crippen molar-refractivity contribution >= 4 is 20.4 Å². The molecule has 1 saturated carbocycles. The highest BCUT2D eigenvalue weighted by Gasteiger charge is 2.31. The van der Waals surface area contributed by atoms with Crippen LogP contribution < -0.4 is 0 Å². The van der Waals surface area contributed by atoms with Gasteiger partial charge in [-0.15, -0.1) is 0 Å². The molecule has 0 atom stereocenters. The minimum atomic E-state index is -0.457. The first kappa shape index (κ1) is 19.4. The maximum Gasteiger partial charge on any atom is 0.142 e. The molecule has 3 rings (SSSR count). The molecule has 0 N–H and O–H groups in total. The van der Waals surface area contributed by atoms with E-state index in [0.717, 1.165) is 24.0 Å². The Morgan fingerprint density at radius 3 is 2.40 bits per heavy atom. The first-order valence-corrected chi connectivity index (χ1v) is 12.9. The van der Waals surface area contributed by atoms with Crippen molar-refractivity contribution < 1.29 is 9.13 Å². The summed E-state index contributed by atoms with van der Waals surface area (Å²) in [4.78, 5) is 0. The van der Waals surface area contributed by atoms with E-state index >= 15 is 0 Å². The molecule has 25 heavy (non-hydrogen) atoms. The zero-order valence-electron chi connectivity index (χ0n) is 15.5. The van der Waals surface area contributed by atoms with Gasteiger partial charge in [-0.05, 0) is 67.6 Å². The van der Waals surface area contributed by atoms with E-state index in [9.17, 15) is 4.39 Å². The molecule has 1 nitrogen and oxygen atoms in total. The highest BCUT2D eigenvalue weighted by Crippen LogP contribution is 2.43. The van der Waals surface area contributed by atoms with E-state index < -0.39 is 8.80 Å². The summed E-state index contributed by atoms with van der Waals surface area (Å²) < 4.78 is 18.9. The summed E-state index contributed by atoms with van der Waals surface area (Å²) in [5, 5.41) is 0.240. The van der Waals surface area contributed by atoms with E-state index in [0.29, 0.717) is 5.92 Å². The molecule has 1 aliphatic carbocycles. The first-order valence-electron chi connectivity index (χ1n) is 10.1. The predicted octanol–water partition coefficient (Wildman–Crippen LogP) is 6.43. The molecule has 2 fully saturated rings. The lowest BCUT2D eigenvalue weighted by atomic mass is 9.72. The average molecular weight is 383 g/mol. The number of benzene rings is 1. The first-order chi connectivity index (χ1) is 12.2. The SMILES string of the molecule is COCCC[SiH]1CCC(C2CCC(c3ccc(Cl)c(F)c3)CC2)CC1. The minimum Gasteiger partial charge on any atom is -0.385 e. The van der Waals surface area contributed by atoms with Gasteiger partial charge in [-0.1, -0.05) is 48.6 Å². The molecule has 0 radical (unpaired) electrons. The van der Waals surface area contributed by atoms with Crippen molar-refractivity contribution in [3.63, 3.8) is 0 Å². The van der Waals surface area contributed by atoms with Crippen molar-refractivity contribution in [2.45, 2.75) is 69.0 Å². The van der Waals surface area contributed by atoms with Crippen LogP contribution in [0.4, 0.5) is 4.39 Å². The van der Waals surface area contributed by atoms with Crippen molar-refractivity contribution in [2.75, 3.05) is 13.7 Å².